The zero-order valence-corrected chi connectivity index (χ0v) is 18.4. The van der Waals surface area contributed by atoms with Crippen LogP contribution in [0.25, 0.3) is 0 Å². The molecule has 5 nitrogen and oxygen atoms in total. The first-order chi connectivity index (χ1) is 14.7. The first kappa shape index (κ1) is 22.5. The molecule has 0 fully saturated rings. The topological polar surface area (TPSA) is 63.7 Å². The summed E-state index contributed by atoms with van der Waals surface area (Å²) in [5.74, 6) is -0.870. The molecule has 0 bridgehead atoms. The minimum atomic E-state index is -3.99. The number of benzene rings is 3. The first-order valence-corrected chi connectivity index (χ1v) is 11.2. The number of carbonyl (C=O) groups is 1. The maximum Gasteiger partial charge on any atom is 0.309 e. The van der Waals surface area contributed by atoms with Gasteiger partial charge in [-0.25, -0.2) is 12.8 Å². The van der Waals surface area contributed by atoms with Gasteiger partial charge in [-0.2, -0.15) is 0 Å². The molecule has 0 unspecified atom stereocenters. The molecule has 0 aliphatic carbocycles. The van der Waals surface area contributed by atoms with Crippen LogP contribution in [0.2, 0.25) is 0 Å². The number of ether oxygens (including phenoxy) is 1. The van der Waals surface area contributed by atoms with Gasteiger partial charge in [0, 0.05) is 5.56 Å². The number of anilines is 1. The van der Waals surface area contributed by atoms with Crippen molar-refractivity contribution in [3.05, 3.63) is 94.8 Å². The molecule has 0 spiro atoms. The van der Waals surface area contributed by atoms with Gasteiger partial charge in [0.2, 0.25) is 0 Å². The fourth-order valence-corrected chi connectivity index (χ4v) is 4.97. The highest BCUT2D eigenvalue weighted by Gasteiger charge is 2.28. The number of esters is 1. The van der Waals surface area contributed by atoms with Crippen LogP contribution in [0, 0.1) is 19.7 Å². The van der Waals surface area contributed by atoms with Crippen molar-refractivity contribution in [2.45, 2.75) is 31.7 Å². The summed E-state index contributed by atoms with van der Waals surface area (Å²) in [5.41, 5.74) is 2.73. The van der Waals surface area contributed by atoms with E-state index in [9.17, 15) is 17.6 Å². The Morgan fingerprint density at radius 3 is 2.32 bits per heavy atom. The Morgan fingerprint density at radius 2 is 1.68 bits per heavy atom. The Labute approximate surface area is 182 Å². The molecule has 7 heteroatoms. The third kappa shape index (κ3) is 5.11. The largest absolute Gasteiger partial charge is 0.469 e. The molecule has 0 saturated carbocycles. The summed E-state index contributed by atoms with van der Waals surface area (Å²) < 4.78 is 47.6. The van der Waals surface area contributed by atoms with Gasteiger partial charge in [0.25, 0.3) is 10.0 Å². The smallest absolute Gasteiger partial charge is 0.309 e. The fraction of sp³-hybridized carbons (Fsp3) is 0.208. The second-order valence-electron chi connectivity index (χ2n) is 7.29. The molecule has 3 aromatic carbocycles. The minimum absolute atomic E-state index is 0.0772. The molecule has 3 aromatic rings. The van der Waals surface area contributed by atoms with Crippen molar-refractivity contribution in [3.63, 3.8) is 0 Å². The first-order valence-electron chi connectivity index (χ1n) is 9.71. The monoisotopic (exact) mass is 441 g/mol. The molecular formula is C24H24FNO4S. The van der Waals surface area contributed by atoms with E-state index in [2.05, 4.69) is 4.74 Å². The highest BCUT2D eigenvalue weighted by Crippen LogP contribution is 2.29. The van der Waals surface area contributed by atoms with E-state index in [-0.39, 0.29) is 29.4 Å². The maximum atomic E-state index is 14.4. The van der Waals surface area contributed by atoms with E-state index < -0.39 is 15.8 Å². The number of carbonyl (C=O) groups excluding carboxylic acids is 1. The maximum absolute atomic E-state index is 14.4. The van der Waals surface area contributed by atoms with Gasteiger partial charge in [-0.15, -0.1) is 0 Å². The Morgan fingerprint density at radius 1 is 1.00 bits per heavy atom. The standard InChI is InChI=1S/C24H24FNO4S/c1-17-8-9-18(2)23(14-17)31(28,29)26(16-20-6-4-5-7-22(20)25)21-12-10-19(11-13-21)15-24(27)30-3/h4-14H,15-16H2,1-3H3. The van der Waals surface area contributed by atoms with Crippen LogP contribution >= 0.6 is 0 Å². The normalized spacial score (nSPS) is 11.2. The van der Waals surface area contributed by atoms with Crippen LogP contribution in [0.3, 0.4) is 0 Å². The average molecular weight is 442 g/mol. The summed E-state index contributed by atoms with van der Waals surface area (Å²) in [6.07, 6.45) is 0.0772. The van der Waals surface area contributed by atoms with Crippen LogP contribution in [-0.2, 0) is 32.5 Å². The second-order valence-corrected chi connectivity index (χ2v) is 9.12. The lowest BCUT2D eigenvalue weighted by Crippen LogP contribution is -2.31. The van der Waals surface area contributed by atoms with Gasteiger partial charge in [0.1, 0.15) is 5.82 Å². The summed E-state index contributed by atoms with van der Waals surface area (Å²) >= 11 is 0. The zero-order valence-electron chi connectivity index (χ0n) is 17.6. The van der Waals surface area contributed by atoms with E-state index in [1.54, 1.807) is 61.5 Å². The van der Waals surface area contributed by atoms with E-state index in [4.69, 9.17) is 0 Å². The zero-order chi connectivity index (χ0) is 22.6. The van der Waals surface area contributed by atoms with E-state index in [1.165, 1.54) is 17.5 Å². The Hall–Kier alpha value is -3.19. The van der Waals surface area contributed by atoms with E-state index in [0.717, 1.165) is 5.56 Å². The van der Waals surface area contributed by atoms with Crippen molar-refractivity contribution >= 4 is 21.7 Å². The van der Waals surface area contributed by atoms with Gasteiger partial charge in [0.05, 0.1) is 30.7 Å². The number of halogens is 1. The molecule has 0 saturated heterocycles. The third-order valence-electron chi connectivity index (χ3n) is 4.98. The molecule has 0 aliphatic rings. The molecule has 3 rings (SSSR count). The molecular weight excluding hydrogens is 417 g/mol. The lowest BCUT2D eigenvalue weighted by Gasteiger charge is -2.26. The SMILES string of the molecule is COC(=O)Cc1ccc(N(Cc2ccccc2F)S(=O)(=O)c2cc(C)ccc2C)cc1. The molecule has 0 atom stereocenters. The molecule has 0 aromatic heterocycles. The molecule has 162 valence electrons. The minimum Gasteiger partial charge on any atom is -0.469 e. The van der Waals surface area contributed by atoms with Crippen molar-refractivity contribution in [2.24, 2.45) is 0 Å². The van der Waals surface area contributed by atoms with Crippen molar-refractivity contribution in [1.29, 1.82) is 0 Å². The molecule has 0 heterocycles. The van der Waals surface area contributed by atoms with Gasteiger partial charge < -0.3 is 4.74 Å². The number of hydrogen-bond acceptors (Lipinski definition) is 4. The predicted molar refractivity (Wildman–Crippen MR) is 118 cm³/mol. The van der Waals surface area contributed by atoms with E-state index in [1.807, 2.05) is 13.0 Å². The fourth-order valence-electron chi connectivity index (χ4n) is 3.22. The van der Waals surface area contributed by atoms with Gasteiger partial charge in [-0.3, -0.25) is 9.10 Å². The molecule has 0 N–H and O–H groups in total. The van der Waals surface area contributed by atoms with Gasteiger partial charge in [-0.1, -0.05) is 42.5 Å². The number of nitrogens with zero attached hydrogens (tertiary/aromatic N) is 1. The van der Waals surface area contributed by atoms with E-state index >= 15 is 0 Å². The summed E-state index contributed by atoms with van der Waals surface area (Å²) in [7, 11) is -2.68. The van der Waals surface area contributed by atoms with Gasteiger partial charge in [-0.05, 0) is 54.8 Å². The molecule has 0 amide bonds. The van der Waals surface area contributed by atoms with Crippen molar-refractivity contribution in [1.82, 2.24) is 0 Å². The van der Waals surface area contributed by atoms with Crippen LogP contribution in [0.5, 0.6) is 0 Å². The summed E-state index contributed by atoms with van der Waals surface area (Å²) in [6.45, 7) is 3.38. The number of aryl methyl sites for hydroxylation is 2. The quantitative estimate of drug-likeness (QED) is 0.505. The van der Waals surface area contributed by atoms with Crippen LogP contribution in [0.15, 0.2) is 71.6 Å². The predicted octanol–water partition coefficient (Wildman–Crippen LogP) is 4.55. The summed E-state index contributed by atoms with van der Waals surface area (Å²) in [4.78, 5) is 11.7. The summed E-state index contributed by atoms with van der Waals surface area (Å²) in [6, 6.07) is 17.9. The van der Waals surface area contributed by atoms with Crippen molar-refractivity contribution in [2.75, 3.05) is 11.4 Å². The molecule has 31 heavy (non-hydrogen) atoms. The van der Waals surface area contributed by atoms with E-state index in [0.29, 0.717) is 16.8 Å². The molecule has 0 aliphatic heterocycles. The lowest BCUT2D eigenvalue weighted by atomic mass is 10.1. The number of sulfonamides is 1. The third-order valence-corrected chi connectivity index (χ3v) is 6.90. The van der Waals surface area contributed by atoms with Crippen LogP contribution in [0.4, 0.5) is 10.1 Å². The molecule has 0 radical (unpaired) electrons. The highest BCUT2D eigenvalue weighted by molar-refractivity contribution is 7.92. The Kier molecular flexibility index (Phi) is 6.75. The Balaban J connectivity index is 2.08. The number of methoxy groups -OCH3 is 1. The van der Waals surface area contributed by atoms with Crippen LogP contribution in [-0.4, -0.2) is 21.5 Å². The number of rotatable bonds is 7. The lowest BCUT2D eigenvalue weighted by molar-refractivity contribution is -0.139. The second kappa shape index (κ2) is 9.31. The van der Waals surface area contributed by atoms with Gasteiger partial charge in [0.15, 0.2) is 0 Å². The van der Waals surface area contributed by atoms with Crippen molar-refractivity contribution < 1.29 is 22.3 Å². The Bertz CT molecular complexity index is 1190. The van der Waals surface area contributed by atoms with Crippen molar-refractivity contribution in [3.8, 4) is 0 Å². The van der Waals surface area contributed by atoms with Crippen LogP contribution < -0.4 is 4.31 Å². The summed E-state index contributed by atoms with van der Waals surface area (Å²) in [5, 5.41) is 0. The van der Waals surface area contributed by atoms with Crippen LogP contribution in [0.1, 0.15) is 22.3 Å². The highest BCUT2D eigenvalue weighted by atomic mass is 32.2. The number of hydrogen-bond donors (Lipinski definition) is 0. The van der Waals surface area contributed by atoms with Gasteiger partial charge >= 0.3 is 5.97 Å². The average Bonchev–Trinajstić information content (AvgIpc) is 2.75.